The Morgan fingerprint density at radius 3 is 2.32 bits per heavy atom. The highest BCUT2D eigenvalue weighted by Gasteiger charge is 2.31. The maximum absolute atomic E-state index is 13.1. The number of carbonyl (C=O) groups excluding carboxylic acids is 2. The number of amides is 2. The highest BCUT2D eigenvalue weighted by Crippen LogP contribution is 2.34. The largest absolute Gasteiger partial charge is 0.493 e. The van der Waals surface area contributed by atoms with Gasteiger partial charge in [0, 0.05) is 17.3 Å². The third-order valence-corrected chi connectivity index (χ3v) is 5.26. The van der Waals surface area contributed by atoms with E-state index in [1.54, 1.807) is 13.8 Å². The molecule has 0 saturated carbocycles. The van der Waals surface area contributed by atoms with Crippen molar-refractivity contribution in [2.24, 2.45) is 5.73 Å². The van der Waals surface area contributed by atoms with E-state index in [1.807, 2.05) is 0 Å². The Morgan fingerprint density at radius 2 is 1.74 bits per heavy atom. The van der Waals surface area contributed by atoms with Crippen LogP contribution in [0.4, 0.5) is 18.9 Å². The summed E-state index contributed by atoms with van der Waals surface area (Å²) in [6, 6.07) is 7.54. The molecule has 0 aliphatic rings. The number of aromatic nitrogens is 2. The van der Waals surface area contributed by atoms with Crippen LogP contribution in [0.3, 0.4) is 0 Å². The number of primary amides is 1. The Kier molecular flexibility index (Phi) is 6.85. The topological polar surface area (TPSA) is 108 Å². The standard InChI is InChI=1S/C23H23F3N4O4/c1-12-16(13(2)30(29-12)15-7-5-6-14(8-15)23(24,25)26)10-21(31)28-18-11-20(34-4)19(33-3)9-17(18)22(27)32/h5-9,11H,10H2,1-4H3,(H2,27,32)(H,28,31). The lowest BCUT2D eigenvalue weighted by Crippen LogP contribution is -2.20. The van der Waals surface area contributed by atoms with Crippen molar-refractivity contribution in [2.45, 2.75) is 26.4 Å². The lowest BCUT2D eigenvalue weighted by Gasteiger charge is -2.14. The normalized spacial score (nSPS) is 11.3. The van der Waals surface area contributed by atoms with E-state index in [4.69, 9.17) is 15.2 Å². The molecule has 0 atom stereocenters. The fourth-order valence-electron chi connectivity index (χ4n) is 3.54. The van der Waals surface area contributed by atoms with E-state index in [9.17, 15) is 22.8 Å². The molecule has 0 saturated heterocycles. The molecular weight excluding hydrogens is 453 g/mol. The summed E-state index contributed by atoms with van der Waals surface area (Å²) in [6.45, 7) is 3.32. The number of rotatable bonds is 7. The van der Waals surface area contributed by atoms with Gasteiger partial charge in [-0.1, -0.05) is 6.07 Å². The summed E-state index contributed by atoms with van der Waals surface area (Å²) in [6.07, 6.45) is -4.63. The number of halogens is 3. The third kappa shape index (κ3) is 4.98. The minimum absolute atomic E-state index is 0.0269. The van der Waals surface area contributed by atoms with E-state index < -0.39 is 23.6 Å². The molecule has 3 rings (SSSR count). The average Bonchev–Trinajstić information content (AvgIpc) is 3.06. The van der Waals surface area contributed by atoms with Gasteiger partial charge in [-0.3, -0.25) is 9.59 Å². The highest BCUT2D eigenvalue weighted by atomic mass is 19.4. The summed E-state index contributed by atoms with van der Waals surface area (Å²) >= 11 is 0. The number of benzene rings is 2. The zero-order valence-electron chi connectivity index (χ0n) is 18.9. The van der Waals surface area contributed by atoms with Gasteiger partial charge in [-0.2, -0.15) is 18.3 Å². The summed E-state index contributed by atoms with van der Waals surface area (Å²) in [7, 11) is 2.80. The molecule has 0 unspecified atom stereocenters. The van der Waals surface area contributed by atoms with Crippen molar-refractivity contribution < 1.29 is 32.2 Å². The quantitative estimate of drug-likeness (QED) is 0.539. The predicted octanol–water partition coefficient (Wildman–Crippen LogP) is 3.81. The molecule has 0 radical (unpaired) electrons. The van der Waals surface area contributed by atoms with E-state index in [0.717, 1.165) is 12.1 Å². The van der Waals surface area contributed by atoms with Crippen molar-refractivity contribution in [3.8, 4) is 17.2 Å². The summed E-state index contributed by atoms with van der Waals surface area (Å²) in [5, 5.41) is 6.96. The van der Waals surface area contributed by atoms with E-state index in [-0.39, 0.29) is 34.9 Å². The van der Waals surface area contributed by atoms with Crippen molar-refractivity contribution >= 4 is 17.5 Å². The van der Waals surface area contributed by atoms with Gasteiger partial charge in [-0.05, 0) is 38.1 Å². The van der Waals surface area contributed by atoms with Crippen molar-refractivity contribution in [1.29, 1.82) is 0 Å². The molecule has 2 amide bonds. The number of ether oxygens (including phenoxy) is 2. The van der Waals surface area contributed by atoms with Gasteiger partial charge in [0.25, 0.3) is 5.91 Å². The first-order chi connectivity index (χ1) is 16.0. The second kappa shape index (κ2) is 9.46. The van der Waals surface area contributed by atoms with Crippen LogP contribution in [0, 0.1) is 13.8 Å². The van der Waals surface area contributed by atoms with Crippen molar-refractivity contribution in [2.75, 3.05) is 19.5 Å². The number of anilines is 1. The van der Waals surface area contributed by atoms with Gasteiger partial charge in [-0.25, -0.2) is 4.68 Å². The number of carbonyl (C=O) groups is 2. The number of hydrogen-bond donors (Lipinski definition) is 2. The molecule has 1 heterocycles. The maximum atomic E-state index is 13.1. The Hall–Kier alpha value is -4.02. The summed E-state index contributed by atoms with van der Waals surface area (Å²) in [4.78, 5) is 24.7. The smallest absolute Gasteiger partial charge is 0.416 e. The summed E-state index contributed by atoms with van der Waals surface area (Å²) in [5.74, 6) is -0.707. The van der Waals surface area contributed by atoms with Crippen molar-refractivity contribution in [3.63, 3.8) is 0 Å². The Morgan fingerprint density at radius 1 is 1.09 bits per heavy atom. The first kappa shape index (κ1) is 24.6. The van der Waals surface area contributed by atoms with Gasteiger partial charge in [0.2, 0.25) is 5.91 Å². The second-order valence-corrected chi connectivity index (χ2v) is 7.45. The number of nitrogens with zero attached hydrogens (tertiary/aromatic N) is 2. The molecule has 3 N–H and O–H groups in total. The zero-order valence-corrected chi connectivity index (χ0v) is 18.9. The molecule has 11 heteroatoms. The number of hydrogen-bond acceptors (Lipinski definition) is 5. The van der Waals surface area contributed by atoms with E-state index in [0.29, 0.717) is 17.0 Å². The molecule has 0 aliphatic carbocycles. The van der Waals surface area contributed by atoms with Gasteiger partial charge in [0.15, 0.2) is 11.5 Å². The molecule has 34 heavy (non-hydrogen) atoms. The Bertz CT molecular complexity index is 1250. The third-order valence-electron chi connectivity index (χ3n) is 5.26. The molecule has 3 aromatic rings. The lowest BCUT2D eigenvalue weighted by molar-refractivity contribution is -0.137. The number of aryl methyl sites for hydroxylation is 1. The molecule has 1 aromatic heterocycles. The predicted molar refractivity (Wildman–Crippen MR) is 118 cm³/mol. The van der Waals surface area contributed by atoms with Crippen LogP contribution in [0.25, 0.3) is 5.69 Å². The van der Waals surface area contributed by atoms with Crippen LogP contribution in [0.5, 0.6) is 11.5 Å². The fourth-order valence-corrected chi connectivity index (χ4v) is 3.54. The minimum Gasteiger partial charge on any atom is -0.493 e. The van der Waals surface area contributed by atoms with Crippen LogP contribution in [0.1, 0.15) is 32.9 Å². The monoisotopic (exact) mass is 476 g/mol. The number of nitrogens with one attached hydrogen (secondary N) is 1. The molecular formula is C23H23F3N4O4. The van der Waals surface area contributed by atoms with Crippen LogP contribution >= 0.6 is 0 Å². The van der Waals surface area contributed by atoms with Crippen molar-refractivity contribution in [3.05, 3.63) is 64.5 Å². The number of nitrogens with two attached hydrogens (primary N) is 1. The molecule has 180 valence electrons. The molecule has 2 aromatic carbocycles. The van der Waals surface area contributed by atoms with Gasteiger partial charge in [-0.15, -0.1) is 0 Å². The van der Waals surface area contributed by atoms with Gasteiger partial charge >= 0.3 is 6.18 Å². The van der Waals surface area contributed by atoms with Crippen LogP contribution < -0.4 is 20.5 Å². The summed E-state index contributed by atoms with van der Waals surface area (Å²) in [5.41, 5.74) is 6.54. The molecule has 8 nitrogen and oxygen atoms in total. The van der Waals surface area contributed by atoms with Crippen molar-refractivity contribution in [1.82, 2.24) is 9.78 Å². The first-order valence-corrected chi connectivity index (χ1v) is 10.0. The van der Waals surface area contributed by atoms with Gasteiger partial charge in [0.1, 0.15) is 0 Å². The molecule has 0 spiro atoms. The zero-order chi connectivity index (χ0) is 25.2. The fraction of sp³-hybridized carbons (Fsp3) is 0.261. The highest BCUT2D eigenvalue weighted by molar-refractivity contribution is 6.04. The van der Waals surface area contributed by atoms with Crippen LogP contribution in [0.2, 0.25) is 0 Å². The van der Waals surface area contributed by atoms with Gasteiger partial charge in [0.05, 0.1) is 48.8 Å². The van der Waals surface area contributed by atoms with Gasteiger partial charge < -0.3 is 20.5 Å². The lowest BCUT2D eigenvalue weighted by atomic mass is 10.1. The molecule has 0 bridgehead atoms. The van der Waals surface area contributed by atoms with Crippen LogP contribution in [0.15, 0.2) is 36.4 Å². The number of alkyl halides is 3. The SMILES string of the molecule is COc1cc(NC(=O)Cc2c(C)nn(-c3cccc(C(F)(F)F)c3)c2C)c(C(N)=O)cc1OC. The second-order valence-electron chi connectivity index (χ2n) is 7.45. The Labute approximate surface area is 193 Å². The Balaban J connectivity index is 1.90. The molecule has 0 fully saturated rings. The van der Waals surface area contributed by atoms with Crippen LogP contribution in [-0.4, -0.2) is 35.8 Å². The number of methoxy groups -OCH3 is 2. The van der Waals surface area contributed by atoms with Crippen LogP contribution in [-0.2, 0) is 17.4 Å². The van der Waals surface area contributed by atoms with E-state index in [1.165, 1.54) is 43.2 Å². The van der Waals surface area contributed by atoms with E-state index >= 15 is 0 Å². The summed E-state index contributed by atoms with van der Waals surface area (Å²) < 4.78 is 51.1. The molecule has 0 aliphatic heterocycles. The first-order valence-electron chi connectivity index (χ1n) is 10.0. The van der Waals surface area contributed by atoms with E-state index in [2.05, 4.69) is 10.4 Å². The minimum atomic E-state index is -4.49. The average molecular weight is 476 g/mol. The maximum Gasteiger partial charge on any atom is 0.416 e.